The maximum Gasteiger partial charge on any atom is 0.227 e. The maximum absolute atomic E-state index is 13.6. The number of morpholine rings is 1. The molecule has 0 bridgehead atoms. The predicted molar refractivity (Wildman–Crippen MR) is 104 cm³/mol. The second-order valence-electron chi connectivity index (χ2n) is 5.93. The molecule has 0 aliphatic carbocycles. The fourth-order valence-electron chi connectivity index (χ4n) is 2.65. The Balaban J connectivity index is 1.53. The highest BCUT2D eigenvalue weighted by atomic mass is 32.1. The number of nitrogens with zero attached hydrogens (tertiary/aromatic N) is 1. The minimum Gasteiger partial charge on any atom is -0.378 e. The van der Waals surface area contributed by atoms with Crippen LogP contribution in [0.15, 0.2) is 48.5 Å². The van der Waals surface area contributed by atoms with Crippen LogP contribution < -0.4 is 10.6 Å². The molecular formula is C19H20FN3O2S. The van der Waals surface area contributed by atoms with Crippen molar-refractivity contribution in [2.75, 3.05) is 36.9 Å². The summed E-state index contributed by atoms with van der Waals surface area (Å²) in [5, 5.41) is 6.12. The standard InChI is InChI=1S/C19H20FN3O2S/c20-16-3-1-2-4-17(16)22-19(26)21-15-7-5-14(6-8-15)13-18(24)23-9-11-25-12-10-23/h1-8H,9-13H2,(H2,21,22,26). The van der Waals surface area contributed by atoms with Crippen LogP contribution in [0.4, 0.5) is 15.8 Å². The summed E-state index contributed by atoms with van der Waals surface area (Å²) in [6.07, 6.45) is 0.359. The Morgan fingerprint density at radius 2 is 1.77 bits per heavy atom. The fraction of sp³-hybridized carbons (Fsp3) is 0.263. The molecular weight excluding hydrogens is 353 g/mol. The summed E-state index contributed by atoms with van der Waals surface area (Å²) in [5.41, 5.74) is 2.01. The predicted octanol–water partition coefficient (Wildman–Crippen LogP) is 3.04. The first-order valence-corrected chi connectivity index (χ1v) is 8.79. The number of para-hydroxylation sites is 1. The van der Waals surface area contributed by atoms with Gasteiger partial charge in [-0.05, 0) is 42.0 Å². The van der Waals surface area contributed by atoms with Gasteiger partial charge >= 0.3 is 0 Å². The number of halogens is 1. The van der Waals surface area contributed by atoms with Crippen LogP contribution in [0.5, 0.6) is 0 Å². The number of rotatable bonds is 4. The molecule has 0 saturated carbocycles. The van der Waals surface area contributed by atoms with E-state index in [4.69, 9.17) is 17.0 Å². The van der Waals surface area contributed by atoms with Gasteiger partial charge in [0.05, 0.1) is 25.3 Å². The topological polar surface area (TPSA) is 53.6 Å². The van der Waals surface area contributed by atoms with Gasteiger partial charge in [-0.1, -0.05) is 24.3 Å². The number of amides is 1. The molecule has 0 atom stereocenters. The molecule has 7 heteroatoms. The van der Waals surface area contributed by atoms with Crippen molar-refractivity contribution in [2.45, 2.75) is 6.42 Å². The summed E-state index contributed by atoms with van der Waals surface area (Å²) >= 11 is 5.20. The van der Waals surface area contributed by atoms with Gasteiger partial charge in [-0.15, -0.1) is 0 Å². The summed E-state index contributed by atoms with van der Waals surface area (Å²) in [6.45, 7) is 2.49. The van der Waals surface area contributed by atoms with Gasteiger partial charge in [-0.25, -0.2) is 4.39 Å². The molecule has 1 amide bonds. The van der Waals surface area contributed by atoms with E-state index in [9.17, 15) is 9.18 Å². The Bertz CT molecular complexity index is 777. The highest BCUT2D eigenvalue weighted by molar-refractivity contribution is 7.80. The van der Waals surface area contributed by atoms with Crippen LogP contribution in [-0.2, 0) is 16.0 Å². The minimum atomic E-state index is -0.367. The minimum absolute atomic E-state index is 0.103. The quantitative estimate of drug-likeness (QED) is 0.807. The van der Waals surface area contributed by atoms with E-state index in [1.165, 1.54) is 6.07 Å². The van der Waals surface area contributed by atoms with Crippen molar-refractivity contribution in [3.8, 4) is 0 Å². The summed E-state index contributed by atoms with van der Waals surface area (Å²) in [5.74, 6) is -0.264. The van der Waals surface area contributed by atoms with E-state index in [1.807, 2.05) is 29.2 Å². The van der Waals surface area contributed by atoms with Crippen LogP contribution >= 0.6 is 12.2 Å². The lowest BCUT2D eigenvalue weighted by molar-refractivity contribution is -0.134. The second kappa shape index (κ2) is 8.73. The number of hydrogen-bond acceptors (Lipinski definition) is 3. The molecule has 26 heavy (non-hydrogen) atoms. The highest BCUT2D eigenvalue weighted by Gasteiger charge is 2.16. The summed E-state index contributed by atoms with van der Waals surface area (Å²) in [4.78, 5) is 14.1. The lowest BCUT2D eigenvalue weighted by Gasteiger charge is -2.26. The molecule has 0 radical (unpaired) electrons. The maximum atomic E-state index is 13.6. The highest BCUT2D eigenvalue weighted by Crippen LogP contribution is 2.15. The molecule has 2 aromatic rings. The van der Waals surface area contributed by atoms with E-state index >= 15 is 0 Å². The van der Waals surface area contributed by atoms with Gasteiger partial charge in [0.15, 0.2) is 5.11 Å². The van der Waals surface area contributed by atoms with Crippen LogP contribution in [0, 0.1) is 5.82 Å². The first kappa shape index (κ1) is 18.3. The smallest absolute Gasteiger partial charge is 0.227 e. The number of carbonyl (C=O) groups is 1. The third-order valence-corrected chi connectivity index (χ3v) is 4.26. The van der Waals surface area contributed by atoms with Crippen LogP contribution in [0.3, 0.4) is 0 Å². The third kappa shape index (κ3) is 5.00. The van der Waals surface area contributed by atoms with Crippen LogP contribution in [0.1, 0.15) is 5.56 Å². The third-order valence-electron chi connectivity index (χ3n) is 4.05. The molecule has 0 unspecified atom stereocenters. The first-order chi connectivity index (χ1) is 12.6. The summed E-state index contributed by atoms with van der Waals surface area (Å²) < 4.78 is 18.9. The van der Waals surface area contributed by atoms with Crippen LogP contribution in [0.2, 0.25) is 0 Å². The first-order valence-electron chi connectivity index (χ1n) is 8.39. The largest absolute Gasteiger partial charge is 0.378 e. The van der Waals surface area contributed by atoms with Gasteiger partial charge in [-0.3, -0.25) is 4.79 Å². The van der Waals surface area contributed by atoms with Crippen molar-refractivity contribution in [3.63, 3.8) is 0 Å². The zero-order chi connectivity index (χ0) is 18.4. The average molecular weight is 373 g/mol. The Kier molecular flexibility index (Phi) is 6.14. The molecule has 1 aliphatic rings. The summed E-state index contributed by atoms with van der Waals surface area (Å²) in [7, 11) is 0. The number of hydrogen-bond donors (Lipinski definition) is 2. The molecule has 1 aliphatic heterocycles. The Hall–Kier alpha value is -2.51. The van der Waals surface area contributed by atoms with Gasteiger partial charge in [0.25, 0.3) is 0 Å². The van der Waals surface area contributed by atoms with Gasteiger partial charge < -0.3 is 20.3 Å². The van der Waals surface area contributed by atoms with Crippen molar-refractivity contribution in [3.05, 3.63) is 59.9 Å². The number of anilines is 2. The van der Waals surface area contributed by atoms with Gasteiger partial charge in [0.2, 0.25) is 5.91 Å². The van der Waals surface area contributed by atoms with E-state index in [1.54, 1.807) is 18.2 Å². The molecule has 1 saturated heterocycles. The molecule has 136 valence electrons. The van der Waals surface area contributed by atoms with Crippen LogP contribution in [0.25, 0.3) is 0 Å². The Morgan fingerprint density at radius 1 is 1.08 bits per heavy atom. The lowest BCUT2D eigenvalue weighted by Crippen LogP contribution is -2.41. The zero-order valence-electron chi connectivity index (χ0n) is 14.2. The monoisotopic (exact) mass is 373 g/mol. The van der Waals surface area contributed by atoms with E-state index in [2.05, 4.69) is 10.6 Å². The van der Waals surface area contributed by atoms with Gasteiger partial charge in [0, 0.05) is 18.8 Å². The van der Waals surface area contributed by atoms with E-state index in [-0.39, 0.29) is 11.7 Å². The van der Waals surface area contributed by atoms with Gasteiger partial charge in [0.1, 0.15) is 5.82 Å². The van der Waals surface area contributed by atoms with Gasteiger partial charge in [-0.2, -0.15) is 0 Å². The Labute approximate surface area is 157 Å². The zero-order valence-corrected chi connectivity index (χ0v) is 15.0. The number of ether oxygens (including phenoxy) is 1. The Morgan fingerprint density at radius 3 is 2.46 bits per heavy atom. The number of nitrogens with one attached hydrogen (secondary N) is 2. The summed E-state index contributed by atoms with van der Waals surface area (Å²) in [6, 6.07) is 13.8. The van der Waals surface area contributed by atoms with E-state index < -0.39 is 0 Å². The molecule has 2 N–H and O–H groups in total. The molecule has 5 nitrogen and oxygen atoms in total. The van der Waals surface area contributed by atoms with Crippen molar-refractivity contribution in [2.24, 2.45) is 0 Å². The SMILES string of the molecule is O=C(Cc1ccc(NC(=S)Nc2ccccc2F)cc1)N1CCOCC1. The number of thiocarbonyl (C=S) groups is 1. The molecule has 0 aromatic heterocycles. The van der Waals surface area contributed by atoms with E-state index in [0.717, 1.165) is 11.3 Å². The second-order valence-corrected chi connectivity index (χ2v) is 6.33. The molecule has 1 fully saturated rings. The van der Waals surface area contributed by atoms with Crippen molar-refractivity contribution in [1.29, 1.82) is 0 Å². The molecule has 3 rings (SSSR count). The lowest BCUT2D eigenvalue weighted by atomic mass is 10.1. The normalized spacial score (nSPS) is 14.0. The van der Waals surface area contributed by atoms with E-state index in [0.29, 0.717) is 43.5 Å². The average Bonchev–Trinajstić information content (AvgIpc) is 2.66. The van der Waals surface area contributed by atoms with Crippen molar-refractivity contribution >= 4 is 34.6 Å². The molecule has 0 spiro atoms. The van der Waals surface area contributed by atoms with Crippen LogP contribution in [-0.4, -0.2) is 42.2 Å². The number of benzene rings is 2. The molecule has 1 heterocycles. The molecule has 2 aromatic carbocycles. The van der Waals surface area contributed by atoms with Crippen molar-refractivity contribution < 1.29 is 13.9 Å². The fourth-order valence-corrected chi connectivity index (χ4v) is 2.88. The van der Waals surface area contributed by atoms with Crippen molar-refractivity contribution in [1.82, 2.24) is 4.90 Å². The number of carbonyl (C=O) groups excluding carboxylic acids is 1.